The number of halogens is 1. The van der Waals surface area contributed by atoms with Gasteiger partial charge in [0.2, 0.25) is 0 Å². The number of carbonyl (C=O) groups is 1. The monoisotopic (exact) mass is 377 g/mol. The Hall–Kier alpha value is -2.95. The van der Waals surface area contributed by atoms with Gasteiger partial charge in [-0.2, -0.15) is 0 Å². The Labute approximate surface area is 164 Å². The second-order valence-corrected chi connectivity index (χ2v) is 7.68. The molecule has 4 nitrogen and oxygen atoms in total. The van der Waals surface area contributed by atoms with E-state index in [2.05, 4.69) is 17.2 Å². The van der Waals surface area contributed by atoms with Gasteiger partial charge >= 0.3 is 0 Å². The van der Waals surface area contributed by atoms with Crippen LogP contribution in [0, 0.1) is 18.7 Å². The van der Waals surface area contributed by atoms with Crippen LogP contribution >= 0.6 is 0 Å². The normalized spacial score (nSPS) is 15.0. The summed E-state index contributed by atoms with van der Waals surface area (Å²) in [7, 11) is 0. The molecule has 1 aliphatic heterocycles. The molecule has 0 spiro atoms. The Balaban J connectivity index is 1.72. The number of pyridine rings is 1. The van der Waals surface area contributed by atoms with Gasteiger partial charge in [0, 0.05) is 24.2 Å². The number of amides is 1. The second-order valence-electron chi connectivity index (χ2n) is 7.68. The van der Waals surface area contributed by atoms with Gasteiger partial charge in [-0.25, -0.2) is 9.37 Å². The van der Waals surface area contributed by atoms with Gasteiger partial charge in [0.1, 0.15) is 11.5 Å². The van der Waals surface area contributed by atoms with Gasteiger partial charge in [0.05, 0.1) is 11.2 Å². The Morgan fingerprint density at radius 1 is 1.11 bits per heavy atom. The van der Waals surface area contributed by atoms with Crippen molar-refractivity contribution in [2.45, 2.75) is 26.7 Å². The molecular formula is C23H24FN3O. The van der Waals surface area contributed by atoms with Crippen molar-refractivity contribution in [3.05, 3.63) is 65.6 Å². The minimum absolute atomic E-state index is 0.0310. The highest BCUT2D eigenvalue weighted by atomic mass is 19.1. The van der Waals surface area contributed by atoms with E-state index >= 15 is 0 Å². The van der Waals surface area contributed by atoms with E-state index in [4.69, 9.17) is 0 Å². The standard InChI is InChI=1S/C23H24FN3O/c1-15-9-11-27(12-10-15)23(28)22-14-21(25-18-6-4-17(24)5-7-18)19-13-16(2)3-8-20(19)26-22/h3-8,13-15H,9-12H2,1-2H3,(H,25,26). The predicted octanol–water partition coefficient (Wildman–Crippen LogP) is 5.30. The Kier molecular flexibility index (Phi) is 4.99. The zero-order chi connectivity index (χ0) is 19.7. The number of anilines is 2. The lowest BCUT2D eigenvalue weighted by molar-refractivity contribution is 0.0691. The molecule has 5 heteroatoms. The minimum Gasteiger partial charge on any atom is -0.355 e. The molecule has 0 saturated carbocycles. The number of likely N-dealkylation sites (tertiary alicyclic amines) is 1. The average molecular weight is 377 g/mol. The van der Waals surface area contributed by atoms with Crippen LogP contribution in [-0.4, -0.2) is 28.9 Å². The van der Waals surface area contributed by atoms with E-state index in [0.29, 0.717) is 11.6 Å². The lowest BCUT2D eigenvalue weighted by Gasteiger charge is -2.30. The third-order valence-electron chi connectivity index (χ3n) is 5.38. The molecule has 3 aromatic rings. The first-order chi connectivity index (χ1) is 13.5. The number of hydrogen-bond donors (Lipinski definition) is 1. The number of rotatable bonds is 3. The van der Waals surface area contributed by atoms with Crippen LogP contribution in [0.3, 0.4) is 0 Å². The molecule has 2 heterocycles. The first kappa shape index (κ1) is 18.4. The highest BCUT2D eigenvalue weighted by Gasteiger charge is 2.23. The summed E-state index contributed by atoms with van der Waals surface area (Å²) >= 11 is 0. The largest absolute Gasteiger partial charge is 0.355 e. The van der Waals surface area contributed by atoms with Crippen LogP contribution in [0.15, 0.2) is 48.5 Å². The molecule has 0 bridgehead atoms. The molecular weight excluding hydrogens is 353 g/mol. The van der Waals surface area contributed by atoms with Crippen LogP contribution in [0.4, 0.5) is 15.8 Å². The fourth-order valence-electron chi connectivity index (χ4n) is 3.61. The number of piperidine rings is 1. The molecule has 0 radical (unpaired) electrons. The number of fused-ring (bicyclic) bond motifs is 1. The summed E-state index contributed by atoms with van der Waals surface area (Å²) in [5, 5.41) is 4.27. The molecule has 4 rings (SSSR count). The Bertz CT molecular complexity index is 1010. The van der Waals surface area contributed by atoms with Gasteiger partial charge in [0.25, 0.3) is 5.91 Å². The molecule has 2 aromatic carbocycles. The van der Waals surface area contributed by atoms with E-state index in [9.17, 15) is 9.18 Å². The van der Waals surface area contributed by atoms with Crippen LogP contribution in [0.5, 0.6) is 0 Å². The van der Waals surface area contributed by atoms with E-state index in [1.807, 2.05) is 36.1 Å². The van der Waals surface area contributed by atoms with Crippen LogP contribution in [-0.2, 0) is 0 Å². The van der Waals surface area contributed by atoms with Crippen molar-refractivity contribution in [3.63, 3.8) is 0 Å². The molecule has 1 amide bonds. The summed E-state index contributed by atoms with van der Waals surface area (Å²) in [5.74, 6) is 0.347. The number of nitrogens with one attached hydrogen (secondary N) is 1. The molecule has 0 unspecified atom stereocenters. The molecule has 1 saturated heterocycles. The maximum absolute atomic E-state index is 13.2. The van der Waals surface area contributed by atoms with Gasteiger partial charge < -0.3 is 10.2 Å². The second kappa shape index (κ2) is 7.58. The number of benzene rings is 2. The van der Waals surface area contributed by atoms with Crippen molar-refractivity contribution in [3.8, 4) is 0 Å². The number of aromatic nitrogens is 1. The zero-order valence-corrected chi connectivity index (χ0v) is 16.2. The smallest absolute Gasteiger partial charge is 0.272 e. The van der Waals surface area contributed by atoms with Crippen molar-refractivity contribution in [1.29, 1.82) is 0 Å². The van der Waals surface area contributed by atoms with Crippen LogP contribution in [0.1, 0.15) is 35.8 Å². The van der Waals surface area contributed by atoms with Crippen molar-refractivity contribution < 1.29 is 9.18 Å². The summed E-state index contributed by atoms with van der Waals surface area (Å²) in [6.45, 7) is 5.79. The highest BCUT2D eigenvalue weighted by Crippen LogP contribution is 2.29. The Morgan fingerprint density at radius 3 is 2.54 bits per heavy atom. The molecule has 0 atom stereocenters. The first-order valence-electron chi connectivity index (χ1n) is 9.73. The third kappa shape index (κ3) is 3.84. The first-order valence-corrected chi connectivity index (χ1v) is 9.73. The number of hydrogen-bond acceptors (Lipinski definition) is 3. The van der Waals surface area contributed by atoms with E-state index in [0.717, 1.165) is 53.8 Å². The van der Waals surface area contributed by atoms with Crippen molar-refractivity contribution in [1.82, 2.24) is 9.88 Å². The quantitative estimate of drug-likeness (QED) is 0.674. The van der Waals surface area contributed by atoms with Crippen molar-refractivity contribution in [2.24, 2.45) is 5.92 Å². The molecule has 1 aromatic heterocycles. The van der Waals surface area contributed by atoms with E-state index < -0.39 is 0 Å². The fourth-order valence-corrected chi connectivity index (χ4v) is 3.61. The predicted molar refractivity (Wildman–Crippen MR) is 110 cm³/mol. The lowest BCUT2D eigenvalue weighted by Crippen LogP contribution is -2.38. The highest BCUT2D eigenvalue weighted by molar-refractivity contribution is 6.00. The van der Waals surface area contributed by atoms with E-state index in [-0.39, 0.29) is 11.7 Å². The van der Waals surface area contributed by atoms with Crippen LogP contribution < -0.4 is 5.32 Å². The van der Waals surface area contributed by atoms with Crippen molar-refractivity contribution >= 4 is 28.2 Å². The van der Waals surface area contributed by atoms with E-state index in [1.54, 1.807) is 12.1 Å². The third-order valence-corrected chi connectivity index (χ3v) is 5.38. The molecule has 144 valence electrons. The number of carbonyl (C=O) groups excluding carboxylic acids is 1. The lowest BCUT2D eigenvalue weighted by atomic mass is 9.99. The average Bonchev–Trinajstić information content (AvgIpc) is 2.70. The topological polar surface area (TPSA) is 45.2 Å². The molecule has 28 heavy (non-hydrogen) atoms. The van der Waals surface area contributed by atoms with Gasteiger partial charge in [0.15, 0.2) is 0 Å². The summed E-state index contributed by atoms with van der Waals surface area (Å²) in [5.41, 5.74) is 3.89. The Morgan fingerprint density at radius 2 is 1.82 bits per heavy atom. The maximum atomic E-state index is 13.2. The van der Waals surface area contributed by atoms with Crippen LogP contribution in [0.2, 0.25) is 0 Å². The summed E-state index contributed by atoms with van der Waals surface area (Å²) < 4.78 is 13.2. The molecule has 1 N–H and O–H groups in total. The summed E-state index contributed by atoms with van der Waals surface area (Å²) in [6, 6.07) is 14.0. The molecule has 1 aliphatic rings. The SMILES string of the molecule is Cc1ccc2nc(C(=O)N3CCC(C)CC3)cc(Nc3ccc(F)cc3)c2c1. The molecule has 1 fully saturated rings. The van der Waals surface area contributed by atoms with Gasteiger partial charge in [-0.05, 0) is 68.1 Å². The van der Waals surface area contributed by atoms with Crippen LogP contribution in [0.25, 0.3) is 10.9 Å². The summed E-state index contributed by atoms with van der Waals surface area (Å²) in [6.07, 6.45) is 2.05. The number of nitrogens with zero attached hydrogens (tertiary/aromatic N) is 2. The van der Waals surface area contributed by atoms with E-state index in [1.165, 1.54) is 12.1 Å². The van der Waals surface area contributed by atoms with Gasteiger partial charge in [-0.15, -0.1) is 0 Å². The number of aryl methyl sites for hydroxylation is 1. The summed E-state index contributed by atoms with van der Waals surface area (Å²) in [4.78, 5) is 19.6. The van der Waals surface area contributed by atoms with Gasteiger partial charge in [-0.1, -0.05) is 18.6 Å². The fraction of sp³-hybridized carbons (Fsp3) is 0.304. The maximum Gasteiger partial charge on any atom is 0.272 e. The van der Waals surface area contributed by atoms with Crippen molar-refractivity contribution in [2.75, 3.05) is 18.4 Å². The molecule has 0 aliphatic carbocycles. The zero-order valence-electron chi connectivity index (χ0n) is 16.2. The van der Waals surface area contributed by atoms with Gasteiger partial charge in [-0.3, -0.25) is 4.79 Å². The minimum atomic E-state index is -0.281.